The molecule has 4 nitrogen and oxygen atoms in total. The molecule has 0 spiro atoms. The number of ether oxygens (including phenoxy) is 1. The van der Waals surface area contributed by atoms with Crippen LogP contribution in [0.5, 0.6) is 0 Å². The third-order valence-corrected chi connectivity index (χ3v) is 5.12. The first-order valence-electron chi connectivity index (χ1n) is 7.50. The summed E-state index contributed by atoms with van der Waals surface area (Å²) in [4.78, 5) is 11.1. The topological polar surface area (TPSA) is 44.8 Å². The minimum absolute atomic E-state index is 0.278. The van der Waals surface area contributed by atoms with Gasteiger partial charge in [0.15, 0.2) is 0 Å². The molecule has 5 heteroatoms. The van der Waals surface area contributed by atoms with Crippen molar-refractivity contribution in [2.24, 2.45) is 0 Å². The van der Waals surface area contributed by atoms with Crippen LogP contribution in [0, 0.1) is 0 Å². The Bertz CT molecular complexity index is 265. The normalized spacial score (nSPS) is 10.8. The van der Waals surface area contributed by atoms with Crippen molar-refractivity contribution in [3.63, 3.8) is 0 Å². The highest BCUT2D eigenvalue weighted by Gasteiger charge is 2.07. The highest BCUT2D eigenvalue weighted by molar-refractivity contribution is 6.44. The molecule has 0 bridgehead atoms. The summed E-state index contributed by atoms with van der Waals surface area (Å²) in [6.45, 7) is 5.73. The van der Waals surface area contributed by atoms with E-state index in [0.29, 0.717) is 12.2 Å². The largest absolute Gasteiger partial charge is 0.462 e. The molecule has 0 atom stereocenters. The molecule has 0 unspecified atom stereocenters. The van der Waals surface area contributed by atoms with E-state index in [9.17, 15) is 4.79 Å². The smallest absolute Gasteiger partial charge is 0.333 e. The van der Waals surface area contributed by atoms with Crippen molar-refractivity contribution in [2.75, 3.05) is 20.8 Å². The quantitative estimate of drug-likeness (QED) is 0.226. The molecule has 118 valence electrons. The van der Waals surface area contributed by atoms with E-state index in [1.54, 1.807) is 21.1 Å². The zero-order chi connectivity index (χ0) is 15.2. The first-order chi connectivity index (χ1) is 9.61. The van der Waals surface area contributed by atoms with Crippen molar-refractivity contribution >= 4 is 15.3 Å². The maximum absolute atomic E-state index is 11.1. The third-order valence-electron chi connectivity index (χ3n) is 3.19. The lowest BCUT2D eigenvalue weighted by Gasteiger charge is -2.10. The van der Waals surface area contributed by atoms with Crippen LogP contribution in [0.2, 0.25) is 6.04 Å². The molecular weight excluding hydrogens is 272 g/mol. The van der Waals surface area contributed by atoms with Gasteiger partial charge in [0.05, 0.1) is 6.61 Å². The van der Waals surface area contributed by atoms with Gasteiger partial charge < -0.3 is 13.6 Å². The molecule has 0 amide bonds. The van der Waals surface area contributed by atoms with Gasteiger partial charge in [0.25, 0.3) is 0 Å². The summed E-state index contributed by atoms with van der Waals surface area (Å²) in [7, 11) is 2.13. The zero-order valence-electron chi connectivity index (χ0n) is 13.3. The van der Waals surface area contributed by atoms with Crippen LogP contribution in [0.15, 0.2) is 12.2 Å². The number of unbranched alkanes of at least 4 members (excludes halogenated alkanes) is 6. The molecule has 0 N–H and O–H groups in total. The van der Waals surface area contributed by atoms with Crippen molar-refractivity contribution in [3.05, 3.63) is 12.2 Å². The van der Waals surface area contributed by atoms with E-state index >= 15 is 0 Å². The Labute approximate surface area is 125 Å². The Morgan fingerprint density at radius 1 is 0.950 bits per heavy atom. The van der Waals surface area contributed by atoms with Crippen LogP contribution >= 0.6 is 0 Å². The van der Waals surface area contributed by atoms with Gasteiger partial charge in [-0.25, -0.2) is 4.79 Å². The van der Waals surface area contributed by atoms with E-state index in [2.05, 4.69) is 6.58 Å². The molecule has 0 rings (SSSR count). The molecule has 20 heavy (non-hydrogen) atoms. The van der Waals surface area contributed by atoms with E-state index < -0.39 is 9.28 Å². The predicted molar refractivity (Wildman–Crippen MR) is 84.1 cm³/mol. The SMILES string of the molecule is C=C(C)C(=O)OCCCCCCCCC[SiH](OC)OC. The number of carbonyl (C=O) groups is 1. The van der Waals surface area contributed by atoms with Crippen molar-refractivity contribution in [1.29, 1.82) is 0 Å². The van der Waals surface area contributed by atoms with Crippen LogP contribution in [0.1, 0.15) is 51.9 Å². The summed E-state index contributed by atoms with van der Waals surface area (Å²) in [5.74, 6) is -0.278. The lowest BCUT2D eigenvalue weighted by molar-refractivity contribution is -0.139. The molecule has 0 saturated carbocycles. The number of hydrogen-bond donors (Lipinski definition) is 0. The van der Waals surface area contributed by atoms with Crippen LogP contribution in [-0.2, 0) is 18.4 Å². The fourth-order valence-corrected chi connectivity index (χ4v) is 3.20. The van der Waals surface area contributed by atoms with Gasteiger partial charge in [0.1, 0.15) is 0 Å². The Morgan fingerprint density at radius 2 is 1.45 bits per heavy atom. The summed E-state index contributed by atoms with van der Waals surface area (Å²) in [5, 5.41) is 0. The summed E-state index contributed by atoms with van der Waals surface area (Å²) >= 11 is 0. The molecule has 0 aliphatic rings. The number of esters is 1. The summed E-state index contributed by atoms with van der Waals surface area (Å²) in [6.07, 6.45) is 8.24. The first-order valence-corrected chi connectivity index (χ1v) is 9.26. The Morgan fingerprint density at radius 3 is 1.95 bits per heavy atom. The summed E-state index contributed by atoms with van der Waals surface area (Å²) in [5.41, 5.74) is 0.471. The van der Waals surface area contributed by atoms with Gasteiger partial charge in [-0.3, -0.25) is 0 Å². The molecule has 0 aromatic carbocycles. The Hall–Kier alpha value is -0.653. The molecule has 0 heterocycles. The van der Waals surface area contributed by atoms with Crippen molar-refractivity contribution in [1.82, 2.24) is 0 Å². The highest BCUT2D eigenvalue weighted by Crippen LogP contribution is 2.10. The molecule has 0 aromatic rings. The zero-order valence-corrected chi connectivity index (χ0v) is 14.4. The monoisotopic (exact) mass is 302 g/mol. The van der Waals surface area contributed by atoms with Gasteiger partial charge >= 0.3 is 15.3 Å². The predicted octanol–water partition coefficient (Wildman–Crippen LogP) is 3.35. The number of hydrogen-bond acceptors (Lipinski definition) is 4. The van der Waals surface area contributed by atoms with E-state index in [-0.39, 0.29) is 5.97 Å². The maximum Gasteiger partial charge on any atom is 0.333 e. The second kappa shape index (κ2) is 13.3. The molecule has 0 aliphatic carbocycles. The third kappa shape index (κ3) is 11.2. The number of rotatable bonds is 13. The molecule has 0 radical (unpaired) electrons. The molecule has 0 aromatic heterocycles. The molecule has 0 saturated heterocycles. The fourth-order valence-electron chi connectivity index (χ4n) is 1.92. The Balaban J connectivity index is 3.21. The number of carbonyl (C=O) groups excluding carboxylic acids is 1. The average molecular weight is 302 g/mol. The van der Waals surface area contributed by atoms with Crippen molar-refractivity contribution in [3.8, 4) is 0 Å². The van der Waals surface area contributed by atoms with E-state index in [0.717, 1.165) is 18.9 Å². The van der Waals surface area contributed by atoms with Crippen molar-refractivity contribution < 1.29 is 18.4 Å². The summed E-state index contributed by atoms with van der Waals surface area (Å²) in [6, 6.07) is 1.10. The van der Waals surface area contributed by atoms with Crippen molar-refractivity contribution in [2.45, 2.75) is 57.9 Å². The maximum atomic E-state index is 11.1. The van der Waals surface area contributed by atoms with E-state index in [1.165, 1.54) is 32.1 Å². The van der Waals surface area contributed by atoms with Crippen LogP contribution in [-0.4, -0.2) is 36.1 Å². The highest BCUT2D eigenvalue weighted by atomic mass is 28.3. The standard InChI is InChI=1S/C15H30O4Si/c1-14(2)15(16)19-12-10-8-6-5-7-9-11-13-20(17-3)18-4/h20H,1,5-13H2,2-4H3. The van der Waals surface area contributed by atoms with Gasteiger partial charge in [0.2, 0.25) is 0 Å². The van der Waals surface area contributed by atoms with E-state index in [1.807, 2.05) is 0 Å². The average Bonchev–Trinajstić information content (AvgIpc) is 2.44. The van der Waals surface area contributed by atoms with Crippen LogP contribution in [0.25, 0.3) is 0 Å². The minimum atomic E-state index is -1.34. The van der Waals surface area contributed by atoms with Crippen LogP contribution in [0.3, 0.4) is 0 Å². The van der Waals surface area contributed by atoms with Gasteiger partial charge in [-0.05, 0) is 19.4 Å². The Kier molecular flexibility index (Phi) is 12.9. The van der Waals surface area contributed by atoms with Crippen LogP contribution < -0.4 is 0 Å². The lowest BCUT2D eigenvalue weighted by atomic mass is 10.1. The second-order valence-corrected chi connectivity index (χ2v) is 7.46. The second-order valence-electron chi connectivity index (χ2n) is 5.08. The van der Waals surface area contributed by atoms with Crippen LogP contribution in [0.4, 0.5) is 0 Å². The van der Waals surface area contributed by atoms with Gasteiger partial charge in [-0.2, -0.15) is 0 Å². The first kappa shape index (κ1) is 19.3. The van der Waals surface area contributed by atoms with Gasteiger partial charge in [0, 0.05) is 19.8 Å². The minimum Gasteiger partial charge on any atom is -0.462 e. The molecule has 0 aliphatic heterocycles. The van der Waals surface area contributed by atoms with E-state index in [4.69, 9.17) is 13.6 Å². The summed E-state index contributed by atoms with van der Waals surface area (Å²) < 4.78 is 15.6. The van der Waals surface area contributed by atoms with Gasteiger partial charge in [-0.15, -0.1) is 0 Å². The molecule has 0 fully saturated rings. The van der Waals surface area contributed by atoms with Gasteiger partial charge in [-0.1, -0.05) is 45.1 Å². The fraction of sp³-hybridized carbons (Fsp3) is 0.800. The lowest BCUT2D eigenvalue weighted by Crippen LogP contribution is -2.18. The molecular formula is C15H30O4Si.